The number of hydrogen-bond acceptors (Lipinski definition) is 3. The summed E-state index contributed by atoms with van der Waals surface area (Å²) in [6.07, 6.45) is 1.76. The second-order valence-corrected chi connectivity index (χ2v) is 4.25. The van der Waals surface area contributed by atoms with Crippen molar-refractivity contribution in [3.05, 3.63) is 22.4 Å². The molecule has 0 spiro atoms. The van der Waals surface area contributed by atoms with Crippen LogP contribution in [-0.2, 0) is 14.3 Å². The number of allylic oxidation sites excluding steroid dienone is 3. The highest BCUT2D eigenvalue weighted by Gasteiger charge is 2.34. The molecule has 1 aliphatic heterocycles. The molecule has 0 aromatic carbocycles. The summed E-state index contributed by atoms with van der Waals surface area (Å²) in [5.74, 6) is 0.399. The molecule has 0 fully saturated rings. The van der Waals surface area contributed by atoms with E-state index in [1.54, 1.807) is 6.08 Å². The Hall–Kier alpha value is -0.960. The molecule has 0 saturated carbocycles. The summed E-state index contributed by atoms with van der Waals surface area (Å²) in [6, 6.07) is 0. The second-order valence-electron chi connectivity index (χ2n) is 3.84. The van der Waals surface area contributed by atoms with Crippen LogP contribution in [0.2, 0.25) is 0 Å². The van der Waals surface area contributed by atoms with Gasteiger partial charge < -0.3 is 9.47 Å². The number of carbonyl (C=O) groups excluding carboxylic acids is 1. The topological polar surface area (TPSA) is 35.5 Å². The van der Waals surface area contributed by atoms with Gasteiger partial charge >= 0.3 is 5.97 Å². The van der Waals surface area contributed by atoms with Gasteiger partial charge in [0.05, 0.1) is 5.76 Å². The Morgan fingerprint density at radius 3 is 2.73 bits per heavy atom. The molecule has 4 heteroatoms. The van der Waals surface area contributed by atoms with E-state index in [9.17, 15) is 4.79 Å². The normalized spacial score (nSPS) is 25.8. The van der Waals surface area contributed by atoms with Crippen LogP contribution in [-0.4, -0.2) is 18.2 Å². The molecule has 0 aliphatic carbocycles. The van der Waals surface area contributed by atoms with Crippen molar-refractivity contribution in [1.82, 2.24) is 0 Å². The summed E-state index contributed by atoms with van der Waals surface area (Å²) >= 11 is 6.04. The van der Waals surface area contributed by atoms with Crippen molar-refractivity contribution >= 4 is 17.6 Å². The Morgan fingerprint density at radius 1 is 1.60 bits per heavy atom. The van der Waals surface area contributed by atoms with Crippen molar-refractivity contribution in [3.63, 3.8) is 0 Å². The first-order valence-electron chi connectivity index (χ1n) is 4.73. The first-order chi connectivity index (χ1) is 6.85. The number of carbonyl (C=O) groups is 1. The van der Waals surface area contributed by atoms with Crippen LogP contribution in [0.25, 0.3) is 0 Å². The standard InChI is InChI=1S/C11H15ClO3/c1-7-5-10(12)8(2)11(4,15-7)6-14-9(3)13/h5H,6H2,1-4H3. The lowest BCUT2D eigenvalue weighted by atomic mass is 9.95. The molecular weight excluding hydrogens is 216 g/mol. The van der Waals surface area contributed by atoms with Crippen molar-refractivity contribution < 1.29 is 14.3 Å². The zero-order valence-electron chi connectivity index (χ0n) is 9.39. The van der Waals surface area contributed by atoms with Crippen molar-refractivity contribution in [1.29, 1.82) is 0 Å². The third-order valence-electron chi connectivity index (χ3n) is 2.42. The first-order valence-corrected chi connectivity index (χ1v) is 5.10. The molecule has 84 valence electrons. The van der Waals surface area contributed by atoms with Crippen molar-refractivity contribution in [3.8, 4) is 0 Å². The molecule has 0 N–H and O–H groups in total. The maximum Gasteiger partial charge on any atom is 0.302 e. The van der Waals surface area contributed by atoms with Crippen LogP contribution in [0.3, 0.4) is 0 Å². The van der Waals surface area contributed by atoms with E-state index in [0.717, 1.165) is 11.3 Å². The molecule has 1 atom stereocenters. The first kappa shape index (κ1) is 12.1. The van der Waals surface area contributed by atoms with Gasteiger partial charge in [-0.2, -0.15) is 0 Å². The monoisotopic (exact) mass is 230 g/mol. The number of hydrogen-bond donors (Lipinski definition) is 0. The van der Waals surface area contributed by atoms with Crippen LogP contribution in [0.5, 0.6) is 0 Å². The van der Waals surface area contributed by atoms with Gasteiger partial charge in [0.1, 0.15) is 6.61 Å². The van der Waals surface area contributed by atoms with E-state index >= 15 is 0 Å². The highest BCUT2D eigenvalue weighted by atomic mass is 35.5. The zero-order valence-corrected chi connectivity index (χ0v) is 10.1. The summed E-state index contributed by atoms with van der Waals surface area (Å²) in [4.78, 5) is 10.8. The molecule has 15 heavy (non-hydrogen) atoms. The minimum absolute atomic E-state index is 0.176. The molecule has 1 aliphatic rings. The van der Waals surface area contributed by atoms with Gasteiger partial charge in [0.25, 0.3) is 0 Å². The van der Waals surface area contributed by atoms with Crippen LogP contribution >= 0.6 is 11.6 Å². The van der Waals surface area contributed by atoms with E-state index in [2.05, 4.69) is 0 Å². The van der Waals surface area contributed by atoms with Gasteiger partial charge in [-0.1, -0.05) is 11.6 Å². The molecule has 0 saturated heterocycles. The van der Waals surface area contributed by atoms with Crippen LogP contribution < -0.4 is 0 Å². The molecule has 0 amide bonds. The predicted octanol–water partition coefficient (Wildman–Crippen LogP) is 2.76. The van der Waals surface area contributed by atoms with Gasteiger partial charge in [-0.25, -0.2) is 0 Å². The largest absolute Gasteiger partial charge is 0.484 e. The Bertz CT molecular complexity index is 344. The van der Waals surface area contributed by atoms with E-state index in [1.165, 1.54) is 6.92 Å². The van der Waals surface area contributed by atoms with Crippen LogP contribution in [0.1, 0.15) is 27.7 Å². The maximum absolute atomic E-state index is 10.8. The Balaban J connectivity index is 2.86. The number of ether oxygens (including phenoxy) is 2. The van der Waals surface area contributed by atoms with Gasteiger partial charge in [0, 0.05) is 12.0 Å². The quantitative estimate of drug-likeness (QED) is 0.685. The van der Waals surface area contributed by atoms with E-state index < -0.39 is 5.60 Å². The molecule has 0 aromatic heterocycles. The number of halogens is 1. The molecule has 3 nitrogen and oxygen atoms in total. The summed E-state index contributed by atoms with van der Waals surface area (Å²) in [5.41, 5.74) is 0.220. The number of esters is 1. The summed E-state index contributed by atoms with van der Waals surface area (Å²) < 4.78 is 10.6. The molecular formula is C11H15ClO3. The fraction of sp³-hybridized carbons (Fsp3) is 0.545. The minimum Gasteiger partial charge on any atom is -0.484 e. The summed E-state index contributed by atoms with van der Waals surface area (Å²) in [7, 11) is 0. The highest BCUT2D eigenvalue weighted by Crippen LogP contribution is 2.34. The third kappa shape index (κ3) is 2.75. The van der Waals surface area contributed by atoms with Gasteiger partial charge in [0.15, 0.2) is 5.60 Å². The molecule has 1 unspecified atom stereocenters. The lowest BCUT2D eigenvalue weighted by molar-refractivity contribution is -0.147. The Labute approximate surface area is 94.7 Å². The SMILES string of the molecule is CC(=O)OCC1(C)OC(C)=CC(Cl)=C1C. The molecule has 0 aromatic rings. The smallest absolute Gasteiger partial charge is 0.302 e. The molecule has 0 radical (unpaired) electrons. The number of rotatable bonds is 2. The fourth-order valence-electron chi connectivity index (χ4n) is 1.38. The average molecular weight is 231 g/mol. The van der Waals surface area contributed by atoms with Gasteiger partial charge in [-0.3, -0.25) is 4.79 Å². The van der Waals surface area contributed by atoms with Crippen LogP contribution in [0, 0.1) is 0 Å². The summed E-state index contributed by atoms with van der Waals surface area (Å²) in [5, 5.41) is 0.647. The van der Waals surface area contributed by atoms with Crippen LogP contribution in [0.4, 0.5) is 0 Å². The molecule has 1 rings (SSSR count). The second kappa shape index (κ2) is 4.27. The average Bonchev–Trinajstić information content (AvgIpc) is 2.11. The van der Waals surface area contributed by atoms with E-state index in [4.69, 9.17) is 21.1 Å². The Morgan fingerprint density at radius 2 is 2.20 bits per heavy atom. The Kier molecular flexibility index (Phi) is 3.45. The third-order valence-corrected chi connectivity index (χ3v) is 2.81. The van der Waals surface area contributed by atoms with Gasteiger partial charge in [-0.15, -0.1) is 0 Å². The van der Waals surface area contributed by atoms with E-state index in [-0.39, 0.29) is 12.6 Å². The van der Waals surface area contributed by atoms with Gasteiger partial charge in [-0.05, 0) is 32.4 Å². The lowest BCUT2D eigenvalue weighted by Gasteiger charge is -2.34. The highest BCUT2D eigenvalue weighted by molar-refractivity contribution is 6.31. The lowest BCUT2D eigenvalue weighted by Crippen LogP contribution is -2.38. The summed E-state index contributed by atoms with van der Waals surface area (Å²) in [6.45, 7) is 7.09. The minimum atomic E-state index is -0.651. The fourth-order valence-corrected chi connectivity index (χ4v) is 1.73. The molecule has 1 heterocycles. The zero-order chi connectivity index (χ0) is 11.6. The maximum atomic E-state index is 10.8. The van der Waals surface area contributed by atoms with Crippen LogP contribution in [0.15, 0.2) is 22.4 Å². The van der Waals surface area contributed by atoms with E-state index in [0.29, 0.717) is 5.03 Å². The van der Waals surface area contributed by atoms with E-state index in [1.807, 2.05) is 20.8 Å². The van der Waals surface area contributed by atoms with Gasteiger partial charge in [0.2, 0.25) is 0 Å². The predicted molar refractivity (Wildman–Crippen MR) is 58.4 cm³/mol. The van der Waals surface area contributed by atoms with Crippen molar-refractivity contribution in [2.75, 3.05) is 6.61 Å². The van der Waals surface area contributed by atoms with Crippen molar-refractivity contribution in [2.45, 2.75) is 33.3 Å². The van der Waals surface area contributed by atoms with Crippen molar-refractivity contribution in [2.24, 2.45) is 0 Å². The molecule has 0 bridgehead atoms.